The summed E-state index contributed by atoms with van der Waals surface area (Å²) in [6, 6.07) is 20.3. The van der Waals surface area contributed by atoms with Crippen molar-refractivity contribution >= 4 is 24.2 Å². The van der Waals surface area contributed by atoms with Crippen LogP contribution in [0, 0.1) is 0 Å². The van der Waals surface area contributed by atoms with Gasteiger partial charge in [0, 0.05) is 12.5 Å². The second-order valence-electron chi connectivity index (χ2n) is 6.33. The minimum atomic E-state index is -1.11. The second-order valence-corrected chi connectivity index (χ2v) is 6.33. The van der Waals surface area contributed by atoms with E-state index in [-0.39, 0.29) is 37.2 Å². The average Bonchev–Trinajstić information content (AvgIpc) is 2.71. The van der Waals surface area contributed by atoms with Crippen LogP contribution in [0.1, 0.15) is 29.9 Å². The van der Waals surface area contributed by atoms with E-state index in [9.17, 15) is 14.7 Å². The molecule has 152 valence electrons. The molecule has 2 aromatic carbocycles. The molecule has 2 rings (SSSR count). The smallest absolute Gasteiger partial charge is 0.239 e. The van der Waals surface area contributed by atoms with Crippen LogP contribution in [0.5, 0.6) is 0 Å². The summed E-state index contributed by atoms with van der Waals surface area (Å²) in [7, 11) is 0. The van der Waals surface area contributed by atoms with Crippen molar-refractivity contribution in [3.05, 3.63) is 71.8 Å². The van der Waals surface area contributed by atoms with Crippen molar-refractivity contribution in [2.24, 2.45) is 0 Å². The molecule has 0 saturated carbocycles. The van der Waals surface area contributed by atoms with Crippen LogP contribution in [0.3, 0.4) is 0 Å². The molecule has 0 spiro atoms. The van der Waals surface area contributed by atoms with E-state index in [1.165, 1.54) is 11.1 Å². The first-order chi connectivity index (χ1) is 13.1. The predicted octanol–water partition coefficient (Wildman–Crippen LogP) is 1.61. The lowest BCUT2D eigenvalue weighted by atomic mass is 9.88. The third-order valence-corrected chi connectivity index (χ3v) is 4.24. The number of nitrogens with one attached hydrogen (secondary N) is 2. The Morgan fingerprint density at radius 3 is 1.89 bits per heavy atom. The normalized spacial score (nSPS) is 11.4. The molecule has 0 aliphatic heterocycles. The highest BCUT2D eigenvalue weighted by Crippen LogP contribution is 2.27. The summed E-state index contributed by atoms with van der Waals surface area (Å²) in [6.07, 6.45) is -0.601. The zero-order valence-corrected chi connectivity index (χ0v) is 16.4. The first-order valence-electron chi connectivity index (χ1n) is 9.02. The summed E-state index contributed by atoms with van der Waals surface area (Å²) in [6.45, 7) is -0.166. The van der Waals surface area contributed by atoms with E-state index >= 15 is 0 Å². The Morgan fingerprint density at radius 2 is 1.39 bits per heavy atom. The van der Waals surface area contributed by atoms with Crippen LogP contribution in [0.15, 0.2) is 60.7 Å². The number of rotatable bonds is 10. The number of amides is 2. The third kappa shape index (κ3) is 8.08. The molecule has 1 atom stereocenters. The SMILES string of the molecule is Cl.O=C(CNC(=O)CC(O)CO)NCCC(c1ccccc1)c1ccccc1. The van der Waals surface area contributed by atoms with Gasteiger partial charge in [-0.25, -0.2) is 0 Å². The first kappa shape index (κ1) is 23.6. The molecule has 0 aliphatic rings. The number of halogens is 1. The van der Waals surface area contributed by atoms with Gasteiger partial charge < -0.3 is 20.8 Å². The van der Waals surface area contributed by atoms with Crippen LogP contribution < -0.4 is 10.6 Å². The lowest BCUT2D eigenvalue weighted by Crippen LogP contribution is -2.38. The van der Waals surface area contributed by atoms with Crippen LogP contribution in [0.25, 0.3) is 0 Å². The number of hydrogen-bond acceptors (Lipinski definition) is 4. The van der Waals surface area contributed by atoms with E-state index in [1.54, 1.807) is 0 Å². The zero-order valence-electron chi connectivity index (χ0n) is 15.6. The lowest BCUT2D eigenvalue weighted by molar-refractivity contribution is -0.127. The number of carbonyl (C=O) groups excluding carboxylic acids is 2. The molecule has 2 amide bonds. The first-order valence-corrected chi connectivity index (χ1v) is 9.02. The molecule has 0 saturated heterocycles. The molecule has 0 radical (unpaired) electrons. The molecule has 0 fully saturated rings. The lowest BCUT2D eigenvalue weighted by Gasteiger charge is -2.18. The van der Waals surface area contributed by atoms with Gasteiger partial charge in [0.25, 0.3) is 0 Å². The number of benzene rings is 2. The minimum Gasteiger partial charge on any atom is -0.394 e. The Labute approximate surface area is 171 Å². The molecular weight excluding hydrogens is 380 g/mol. The molecule has 4 N–H and O–H groups in total. The Bertz CT molecular complexity index is 673. The van der Waals surface area contributed by atoms with E-state index in [2.05, 4.69) is 34.9 Å². The largest absolute Gasteiger partial charge is 0.394 e. The molecule has 0 aromatic heterocycles. The topological polar surface area (TPSA) is 98.7 Å². The Hall–Kier alpha value is -2.41. The van der Waals surface area contributed by atoms with Gasteiger partial charge in [-0.3, -0.25) is 9.59 Å². The molecule has 7 heteroatoms. The highest BCUT2D eigenvalue weighted by Gasteiger charge is 2.15. The third-order valence-electron chi connectivity index (χ3n) is 4.24. The van der Waals surface area contributed by atoms with Gasteiger partial charge in [0.1, 0.15) is 0 Å². The zero-order chi connectivity index (χ0) is 19.5. The quantitative estimate of drug-likeness (QED) is 0.481. The number of aliphatic hydroxyl groups is 2. The molecule has 0 heterocycles. The summed E-state index contributed by atoms with van der Waals surface area (Å²) in [5.41, 5.74) is 2.37. The van der Waals surface area contributed by atoms with E-state index < -0.39 is 18.6 Å². The highest BCUT2D eigenvalue weighted by atomic mass is 35.5. The van der Waals surface area contributed by atoms with Crippen molar-refractivity contribution in [1.82, 2.24) is 10.6 Å². The highest BCUT2D eigenvalue weighted by molar-refractivity contribution is 5.85. The summed E-state index contributed by atoms with van der Waals surface area (Å²) < 4.78 is 0. The van der Waals surface area contributed by atoms with Gasteiger partial charge in [-0.1, -0.05) is 60.7 Å². The van der Waals surface area contributed by atoms with Crippen molar-refractivity contribution in [3.63, 3.8) is 0 Å². The molecule has 0 bridgehead atoms. The Morgan fingerprint density at radius 1 is 0.857 bits per heavy atom. The molecule has 28 heavy (non-hydrogen) atoms. The van der Waals surface area contributed by atoms with Crippen LogP contribution in [-0.2, 0) is 9.59 Å². The van der Waals surface area contributed by atoms with E-state index in [0.717, 1.165) is 6.42 Å². The van der Waals surface area contributed by atoms with Gasteiger partial charge in [0.15, 0.2) is 0 Å². The van der Waals surface area contributed by atoms with Crippen LogP contribution >= 0.6 is 12.4 Å². The van der Waals surface area contributed by atoms with Gasteiger partial charge >= 0.3 is 0 Å². The van der Waals surface area contributed by atoms with Gasteiger partial charge in [0.2, 0.25) is 11.8 Å². The van der Waals surface area contributed by atoms with Crippen LogP contribution in [0.4, 0.5) is 0 Å². The predicted molar refractivity (Wildman–Crippen MR) is 110 cm³/mol. The molecule has 0 aliphatic carbocycles. The molecule has 1 unspecified atom stereocenters. The van der Waals surface area contributed by atoms with Crippen molar-refractivity contribution in [2.75, 3.05) is 19.7 Å². The van der Waals surface area contributed by atoms with Gasteiger partial charge in [-0.2, -0.15) is 0 Å². The van der Waals surface area contributed by atoms with E-state index in [0.29, 0.717) is 6.54 Å². The fraction of sp³-hybridized carbons (Fsp3) is 0.333. The van der Waals surface area contributed by atoms with Gasteiger partial charge in [0.05, 0.1) is 25.7 Å². The van der Waals surface area contributed by atoms with Crippen molar-refractivity contribution in [1.29, 1.82) is 0 Å². The maximum Gasteiger partial charge on any atom is 0.239 e. The van der Waals surface area contributed by atoms with Crippen LogP contribution in [0.2, 0.25) is 0 Å². The van der Waals surface area contributed by atoms with E-state index in [1.807, 2.05) is 36.4 Å². The van der Waals surface area contributed by atoms with Crippen molar-refractivity contribution in [2.45, 2.75) is 24.9 Å². The maximum absolute atomic E-state index is 11.9. The Balaban J connectivity index is 0.00000392. The fourth-order valence-electron chi connectivity index (χ4n) is 2.84. The van der Waals surface area contributed by atoms with Crippen LogP contribution in [-0.4, -0.2) is 47.8 Å². The van der Waals surface area contributed by atoms with Gasteiger partial charge in [-0.05, 0) is 17.5 Å². The second kappa shape index (κ2) is 12.9. The fourth-order valence-corrected chi connectivity index (χ4v) is 2.84. The number of aliphatic hydroxyl groups excluding tert-OH is 2. The van der Waals surface area contributed by atoms with E-state index in [4.69, 9.17) is 5.11 Å². The maximum atomic E-state index is 11.9. The number of carbonyl (C=O) groups is 2. The summed E-state index contributed by atoms with van der Waals surface area (Å²) in [5, 5.41) is 23.1. The van der Waals surface area contributed by atoms with Gasteiger partial charge in [-0.15, -0.1) is 12.4 Å². The number of hydrogen-bond donors (Lipinski definition) is 4. The molecule has 2 aromatic rings. The standard InChI is InChI=1S/C21H26N2O4.ClH/c24-15-18(25)13-20(26)23-14-21(27)22-12-11-19(16-7-3-1-4-8-16)17-9-5-2-6-10-17;/h1-10,18-19,24-25H,11-15H2,(H,22,27)(H,23,26);1H. The summed E-state index contributed by atoms with van der Waals surface area (Å²) >= 11 is 0. The monoisotopic (exact) mass is 406 g/mol. The average molecular weight is 407 g/mol. The van der Waals surface area contributed by atoms with Crippen molar-refractivity contribution < 1.29 is 19.8 Å². The molecule has 6 nitrogen and oxygen atoms in total. The molecular formula is C21H27ClN2O4. The Kier molecular flexibility index (Phi) is 10.9. The summed E-state index contributed by atoms with van der Waals surface area (Å²) in [5.74, 6) is -0.596. The minimum absolute atomic E-state index is 0. The van der Waals surface area contributed by atoms with Crippen molar-refractivity contribution in [3.8, 4) is 0 Å². The summed E-state index contributed by atoms with van der Waals surface area (Å²) in [4.78, 5) is 23.4.